The van der Waals surface area contributed by atoms with Crippen LogP contribution in [0.1, 0.15) is 23.7 Å². The van der Waals surface area contributed by atoms with Gasteiger partial charge < -0.3 is 29.4 Å². The third kappa shape index (κ3) is 6.02. The van der Waals surface area contributed by atoms with E-state index in [2.05, 4.69) is 20.0 Å². The first kappa shape index (κ1) is 29.3. The molecule has 2 aliphatic rings. The number of pyridine rings is 1. The number of nitro benzene ring substituents is 1. The van der Waals surface area contributed by atoms with Crippen LogP contribution in [-0.4, -0.2) is 74.3 Å². The molecule has 1 saturated heterocycles. The minimum absolute atomic E-state index is 0.0333. The van der Waals surface area contributed by atoms with Crippen LogP contribution in [0.2, 0.25) is 0 Å². The normalized spacial score (nSPS) is 18.6. The number of nitrogens with one attached hydrogen (secondary N) is 3. The number of aromatic nitrogens is 2. The number of aromatic amines is 1. The summed E-state index contributed by atoms with van der Waals surface area (Å²) in [4.78, 5) is 33.7. The van der Waals surface area contributed by atoms with E-state index in [-0.39, 0.29) is 30.0 Å². The molecule has 15 heteroatoms. The van der Waals surface area contributed by atoms with E-state index < -0.39 is 31.4 Å². The Morgan fingerprint density at radius 2 is 1.98 bits per heavy atom. The number of nitrogens with zero attached hydrogens (tertiary/aromatic N) is 3. The van der Waals surface area contributed by atoms with E-state index in [0.29, 0.717) is 55.7 Å². The number of hydrogen-bond donors (Lipinski definition) is 3. The number of amides is 1. The van der Waals surface area contributed by atoms with Gasteiger partial charge in [-0.05, 0) is 49.7 Å². The number of benzene rings is 2. The van der Waals surface area contributed by atoms with Crippen molar-refractivity contribution in [2.24, 2.45) is 0 Å². The second-order valence-electron chi connectivity index (χ2n) is 10.4. The first-order valence-electron chi connectivity index (χ1n) is 14.0. The summed E-state index contributed by atoms with van der Waals surface area (Å²) in [7, 11) is -4.49. The molecule has 2 aromatic heterocycles. The van der Waals surface area contributed by atoms with E-state index in [1.54, 1.807) is 24.4 Å². The maximum absolute atomic E-state index is 13.5. The van der Waals surface area contributed by atoms with Gasteiger partial charge in [0.05, 0.1) is 53.1 Å². The fraction of sp³-hybridized carbons (Fsp3) is 0.310. The summed E-state index contributed by atoms with van der Waals surface area (Å²) in [6.07, 6.45) is 2.04. The molecule has 44 heavy (non-hydrogen) atoms. The number of anilines is 3. The second-order valence-corrected chi connectivity index (χ2v) is 12.1. The maximum Gasteiger partial charge on any atom is 0.293 e. The molecule has 2 atom stereocenters. The Morgan fingerprint density at radius 1 is 1.14 bits per heavy atom. The molecule has 230 valence electrons. The van der Waals surface area contributed by atoms with Gasteiger partial charge in [0.1, 0.15) is 17.0 Å². The summed E-state index contributed by atoms with van der Waals surface area (Å²) in [5, 5.41) is 15.6. The molecule has 0 bridgehead atoms. The predicted octanol–water partition coefficient (Wildman–Crippen LogP) is 3.73. The van der Waals surface area contributed by atoms with Crippen LogP contribution in [0, 0.1) is 10.1 Å². The SMILES string of the molecule is C[C@@H]1CO[C@@H](CNc2ccc(S(=O)(=O)NC(=O)c3ccccc3N3CCCOc4nc5[nH]ccc5cc43)cc2[N+](=O)[O-])CO1. The average Bonchev–Trinajstić information content (AvgIpc) is 3.37. The Labute approximate surface area is 252 Å². The monoisotopic (exact) mass is 622 g/mol. The van der Waals surface area contributed by atoms with E-state index >= 15 is 0 Å². The van der Waals surface area contributed by atoms with Gasteiger partial charge >= 0.3 is 0 Å². The number of nitro groups is 1. The summed E-state index contributed by atoms with van der Waals surface area (Å²) in [5.74, 6) is -0.505. The number of fused-ring (bicyclic) bond motifs is 2. The van der Waals surface area contributed by atoms with Gasteiger partial charge in [-0.25, -0.2) is 13.1 Å². The van der Waals surface area contributed by atoms with E-state index in [1.807, 2.05) is 24.0 Å². The van der Waals surface area contributed by atoms with Crippen LogP contribution in [0.15, 0.2) is 65.7 Å². The van der Waals surface area contributed by atoms with Crippen LogP contribution in [-0.2, 0) is 19.5 Å². The predicted molar refractivity (Wildman–Crippen MR) is 161 cm³/mol. The standard InChI is InChI=1S/C29H30N6O8S/c1-18-16-43-20(17-42-18)15-31-23-8-7-21(14-25(23)35(37)38)44(39,40)33-28(36)22-5-2-3-6-24(22)34-11-4-12-41-29-26(34)13-19-9-10-30-27(19)32-29/h2-3,5-10,13-14,18,20,31H,4,11-12,15-17H2,1H3,(H,30,32)(H,33,36)/t18-,20+/m1/s1. The Morgan fingerprint density at radius 3 is 2.77 bits per heavy atom. The molecule has 2 aliphatic heterocycles. The van der Waals surface area contributed by atoms with E-state index in [4.69, 9.17) is 14.2 Å². The highest BCUT2D eigenvalue weighted by Crippen LogP contribution is 2.38. The molecule has 6 rings (SSSR count). The van der Waals surface area contributed by atoms with E-state index in [1.165, 1.54) is 18.2 Å². The third-order valence-electron chi connectivity index (χ3n) is 7.33. The molecule has 2 aromatic carbocycles. The largest absolute Gasteiger partial charge is 0.476 e. The zero-order valence-electron chi connectivity index (χ0n) is 23.7. The highest BCUT2D eigenvalue weighted by molar-refractivity contribution is 7.90. The molecule has 3 N–H and O–H groups in total. The molecule has 0 spiro atoms. The Bertz CT molecular complexity index is 1820. The van der Waals surface area contributed by atoms with Crippen molar-refractivity contribution in [1.82, 2.24) is 14.7 Å². The molecule has 0 unspecified atom stereocenters. The van der Waals surface area contributed by atoms with Crippen molar-refractivity contribution in [2.45, 2.75) is 30.4 Å². The van der Waals surface area contributed by atoms with Crippen molar-refractivity contribution in [3.05, 3.63) is 76.5 Å². The average molecular weight is 623 g/mol. The smallest absolute Gasteiger partial charge is 0.293 e. The lowest BCUT2D eigenvalue weighted by atomic mass is 10.1. The number of ether oxygens (including phenoxy) is 3. The van der Waals surface area contributed by atoms with Crippen molar-refractivity contribution < 1.29 is 32.3 Å². The number of carbonyl (C=O) groups is 1. The van der Waals surface area contributed by atoms with Crippen molar-refractivity contribution in [3.63, 3.8) is 0 Å². The van der Waals surface area contributed by atoms with Crippen LogP contribution < -0.4 is 19.7 Å². The van der Waals surface area contributed by atoms with Crippen molar-refractivity contribution in [3.8, 4) is 5.88 Å². The van der Waals surface area contributed by atoms with Gasteiger partial charge in [-0.2, -0.15) is 4.98 Å². The van der Waals surface area contributed by atoms with E-state index in [9.17, 15) is 23.3 Å². The molecule has 1 fully saturated rings. The number of carbonyl (C=O) groups excluding carboxylic acids is 1. The van der Waals surface area contributed by atoms with Gasteiger partial charge in [-0.1, -0.05) is 12.1 Å². The van der Waals surface area contributed by atoms with Gasteiger partial charge in [0, 0.05) is 30.7 Å². The van der Waals surface area contributed by atoms with Crippen molar-refractivity contribution >= 4 is 49.7 Å². The first-order valence-corrected chi connectivity index (χ1v) is 15.5. The second kappa shape index (κ2) is 12.1. The number of sulfonamides is 1. The quantitative estimate of drug-likeness (QED) is 0.193. The zero-order valence-corrected chi connectivity index (χ0v) is 24.5. The maximum atomic E-state index is 13.5. The first-order chi connectivity index (χ1) is 21.2. The molecule has 4 aromatic rings. The lowest BCUT2D eigenvalue weighted by molar-refractivity contribution is -0.384. The van der Waals surface area contributed by atoms with Gasteiger partial charge in [-0.15, -0.1) is 0 Å². The molecule has 0 saturated carbocycles. The van der Waals surface area contributed by atoms with Gasteiger partial charge in [0.15, 0.2) is 0 Å². The number of rotatable bonds is 8. The minimum atomic E-state index is -4.49. The summed E-state index contributed by atoms with van der Waals surface area (Å²) in [5.41, 5.74) is 1.49. The molecular formula is C29H30N6O8S. The number of H-pyrrole nitrogens is 1. The van der Waals surface area contributed by atoms with Gasteiger partial charge in [-0.3, -0.25) is 14.9 Å². The molecule has 14 nitrogen and oxygen atoms in total. The molecule has 0 aliphatic carbocycles. The topological polar surface area (TPSA) is 178 Å². The van der Waals surface area contributed by atoms with Crippen molar-refractivity contribution in [1.29, 1.82) is 0 Å². The molecule has 0 radical (unpaired) electrons. The van der Waals surface area contributed by atoms with Crippen LogP contribution in [0.4, 0.5) is 22.7 Å². The Kier molecular flexibility index (Phi) is 8.07. The Balaban J connectivity index is 1.25. The van der Waals surface area contributed by atoms with Crippen LogP contribution in [0.5, 0.6) is 5.88 Å². The van der Waals surface area contributed by atoms with Crippen LogP contribution >= 0.6 is 0 Å². The Hall–Kier alpha value is -4.73. The van der Waals surface area contributed by atoms with E-state index in [0.717, 1.165) is 11.5 Å². The lowest BCUT2D eigenvalue weighted by Gasteiger charge is -2.27. The summed E-state index contributed by atoms with van der Waals surface area (Å²) in [6.45, 7) is 3.73. The summed E-state index contributed by atoms with van der Waals surface area (Å²) < 4.78 is 45.8. The lowest BCUT2D eigenvalue weighted by Crippen LogP contribution is -2.38. The van der Waals surface area contributed by atoms with Crippen molar-refractivity contribution in [2.75, 3.05) is 43.1 Å². The van der Waals surface area contributed by atoms with Gasteiger partial charge in [0.2, 0.25) is 5.88 Å². The summed E-state index contributed by atoms with van der Waals surface area (Å²) >= 11 is 0. The number of para-hydroxylation sites is 1. The van der Waals surface area contributed by atoms with Gasteiger partial charge in [0.25, 0.3) is 21.6 Å². The fourth-order valence-electron chi connectivity index (χ4n) is 5.11. The summed E-state index contributed by atoms with van der Waals surface area (Å²) in [6, 6.07) is 13.8. The number of hydrogen-bond acceptors (Lipinski definition) is 11. The zero-order chi connectivity index (χ0) is 30.8. The van der Waals surface area contributed by atoms with Crippen LogP contribution in [0.3, 0.4) is 0 Å². The molecular weight excluding hydrogens is 592 g/mol. The van der Waals surface area contributed by atoms with Crippen LogP contribution in [0.25, 0.3) is 11.0 Å². The third-order valence-corrected chi connectivity index (χ3v) is 8.66. The highest BCUT2D eigenvalue weighted by Gasteiger charge is 2.28. The fourth-order valence-corrected chi connectivity index (χ4v) is 6.10. The molecule has 4 heterocycles. The minimum Gasteiger partial charge on any atom is -0.476 e. The highest BCUT2D eigenvalue weighted by atomic mass is 32.2. The molecule has 1 amide bonds.